The van der Waals surface area contributed by atoms with Crippen LogP contribution in [0.4, 0.5) is 4.39 Å². The van der Waals surface area contributed by atoms with Gasteiger partial charge in [-0.25, -0.2) is 9.18 Å². The van der Waals surface area contributed by atoms with Crippen LogP contribution in [0.1, 0.15) is 32.9 Å². The molecule has 0 spiro atoms. The van der Waals surface area contributed by atoms with E-state index >= 15 is 0 Å². The standard InChI is InChI=1S/C23H21FN2O3/c1-15-21(18-6-4-5-17(11-18)12-25)22(23(27)29-3)20(14-28-2)26(15)13-16-7-9-19(24)10-8-16/h4-11H,13-14H2,1-3H3. The zero-order valence-corrected chi connectivity index (χ0v) is 16.5. The van der Waals surface area contributed by atoms with Crippen molar-refractivity contribution >= 4 is 5.97 Å². The SMILES string of the molecule is COCc1c(C(=O)OC)c(-c2cccc(C#N)c2)c(C)n1Cc1ccc(F)cc1. The van der Waals surface area contributed by atoms with Crippen LogP contribution in [0.5, 0.6) is 0 Å². The molecule has 2 aromatic carbocycles. The summed E-state index contributed by atoms with van der Waals surface area (Å²) in [7, 11) is 2.89. The van der Waals surface area contributed by atoms with Crippen LogP contribution in [0, 0.1) is 24.1 Å². The van der Waals surface area contributed by atoms with Gasteiger partial charge in [0.15, 0.2) is 0 Å². The highest BCUT2D eigenvalue weighted by molar-refractivity contribution is 6.00. The average Bonchev–Trinajstić information content (AvgIpc) is 3.01. The highest BCUT2D eigenvalue weighted by Gasteiger charge is 2.27. The van der Waals surface area contributed by atoms with Gasteiger partial charge < -0.3 is 14.0 Å². The van der Waals surface area contributed by atoms with Crippen molar-refractivity contribution in [3.63, 3.8) is 0 Å². The van der Waals surface area contributed by atoms with E-state index in [0.29, 0.717) is 28.9 Å². The number of carbonyl (C=O) groups is 1. The Bertz CT molecular complexity index is 1080. The molecule has 1 aromatic heterocycles. The van der Waals surface area contributed by atoms with E-state index in [0.717, 1.165) is 16.8 Å². The van der Waals surface area contributed by atoms with Gasteiger partial charge in [0.05, 0.1) is 36.6 Å². The molecule has 0 radical (unpaired) electrons. The van der Waals surface area contributed by atoms with Gasteiger partial charge in [0, 0.05) is 24.9 Å². The van der Waals surface area contributed by atoms with Crippen molar-refractivity contribution in [3.05, 3.63) is 82.4 Å². The summed E-state index contributed by atoms with van der Waals surface area (Å²) >= 11 is 0. The number of aromatic nitrogens is 1. The molecule has 5 nitrogen and oxygen atoms in total. The second-order valence-corrected chi connectivity index (χ2v) is 6.61. The predicted octanol–water partition coefficient (Wildman–Crippen LogP) is 4.46. The zero-order valence-electron chi connectivity index (χ0n) is 16.5. The summed E-state index contributed by atoms with van der Waals surface area (Å²) in [5.41, 5.74) is 4.73. The Balaban J connectivity index is 2.25. The topological polar surface area (TPSA) is 64.2 Å². The third-order valence-corrected chi connectivity index (χ3v) is 4.84. The van der Waals surface area contributed by atoms with Crippen LogP contribution >= 0.6 is 0 Å². The Morgan fingerprint density at radius 2 is 1.90 bits per heavy atom. The molecule has 0 aliphatic carbocycles. The van der Waals surface area contributed by atoms with Gasteiger partial charge in [-0.15, -0.1) is 0 Å². The van der Waals surface area contributed by atoms with Crippen LogP contribution in [-0.4, -0.2) is 24.8 Å². The minimum absolute atomic E-state index is 0.199. The molecule has 0 saturated carbocycles. The first-order valence-corrected chi connectivity index (χ1v) is 9.04. The van der Waals surface area contributed by atoms with Crippen molar-refractivity contribution in [3.8, 4) is 17.2 Å². The third-order valence-electron chi connectivity index (χ3n) is 4.84. The quantitative estimate of drug-likeness (QED) is 0.581. The van der Waals surface area contributed by atoms with Crippen molar-refractivity contribution in [2.45, 2.75) is 20.1 Å². The highest BCUT2D eigenvalue weighted by Crippen LogP contribution is 2.34. The molecule has 1 heterocycles. The van der Waals surface area contributed by atoms with E-state index in [9.17, 15) is 14.4 Å². The molecule has 148 valence electrons. The van der Waals surface area contributed by atoms with E-state index in [2.05, 4.69) is 6.07 Å². The Morgan fingerprint density at radius 1 is 1.17 bits per heavy atom. The molecule has 0 bridgehead atoms. The lowest BCUT2D eigenvalue weighted by molar-refractivity contribution is 0.0596. The number of carbonyl (C=O) groups excluding carboxylic acids is 1. The van der Waals surface area contributed by atoms with E-state index in [4.69, 9.17) is 9.47 Å². The van der Waals surface area contributed by atoms with Gasteiger partial charge >= 0.3 is 5.97 Å². The summed E-state index contributed by atoms with van der Waals surface area (Å²) in [6, 6.07) is 15.4. The molecule has 0 fully saturated rings. The smallest absolute Gasteiger partial charge is 0.340 e. The average molecular weight is 392 g/mol. The number of rotatable bonds is 6. The van der Waals surface area contributed by atoms with E-state index in [1.807, 2.05) is 17.6 Å². The fourth-order valence-electron chi connectivity index (χ4n) is 3.49. The molecule has 0 amide bonds. The summed E-state index contributed by atoms with van der Waals surface area (Å²) in [5.74, 6) is -0.783. The minimum atomic E-state index is -0.477. The van der Waals surface area contributed by atoms with Crippen LogP contribution < -0.4 is 0 Å². The number of halogens is 1. The summed E-state index contributed by atoms with van der Waals surface area (Å²) in [6.45, 7) is 2.54. The van der Waals surface area contributed by atoms with Gasteiger partial charge in [-0.05, 0) is 42.3 Å². The summed E-state index contributed by atoms with van der Waals surface area (Å²) < 4.78 is 25.7. The lowest BCUT2D eigenvalue weighted by Crippen LogP contribution is -2.11. The number of benzene rings is 2. The number of esters is 1. The van der Waals surface area contributed by atoms with Crippen molar-refractivity contribution in [1.82, 2.24) is 4.57 Å². The zero-order chi connectivity index (χ0) is 21.0. The molecule has 0 atom stereocenters. The van der Waals surface area contributed by atoms with Gasteiger partial charge in [0.25, 0.3) is 0 Å². The monoisotopic (exact) mass is 392 g/mol. The Labute approximate surface area is 168 Å². The summed E-state index contributed by atoms with van der Waals surface area (Å²) in [4.78, 5) is 12.7. The molecule has 0 N–H and O–H groups in total. The maximum absolute atomic E-state index is 13.3. The number of ether oxygens (including phenoxy) is 2. The van der Waals surface area contributed by atoms with Crippen molar-refractivity contribution in [2.75, 3.05) is 14.2 Å². The molecule has 6 heteroatoms. The van der Waals surface area contributed by atoms with Crippen molar-refractivity contribution in [2.24, 2.45) is 0 Å². The Hall–Kier alpha value is -3.43. The summed E-state index contributed by atoms with van der Waals surface area (Å²) in [6.07, 6.45) is 0. The van der Waals surface area contributed by atoms with Crippen molar-refractivity contribution in [1.29, 1.82) is 5.26 Å². The van der Waals surface area contributed by atoms with Gasteiger partial charge in [0.2, 0.25) is 0 Å². The molecule has 0 aliphatic heterocycles. The lowest BCUT2D eigenvalue weighted by Gasteiger charge is -2.12. The van der Waals surface area contributed by atoms with Crippen LogP contribution in [0.25, 0.3) is 11.1 Å². The Kier molecular flexibility index (Phi) is 6.10. The van der Waals surface area contributed by atoms with E-state index < -0.39 is 5.97 Å². The van der Waals surface area contributed by atoms with Crippen LogP contribution in [0.3, 0.4) is 0 Å². The second kappa shape index (κ2) is 8.72. The first-order chi connectivity index (χ1) is 14.0. The number of nitriles is 1. The van der Waals surface area contributed by atoms with Gasteiger partial charge in [-0.2, -0.15) is 5.26 Å². The Morgan fingerprint density at radius 3 is 2.52 bits per heavy atom. The fraction of sp³-hybridized carbons (Fsp3) is 0.217. The van der Waals surface area contributed by atoms with E-state index in [1.165, 1.54) is 19.2 Å². The van der Waals surface area contributed by atoms with E-state index in [1.54, 1.807) is 37.4 Å². The fourth-order valence-corrected chi connectivity index (χ4v) is 3.49. The van der Waals surface area contributed by atoms with E-state index in [-0.39, 0.29) is 12.4 Å². The maximum Gasteiger partial charge on any atom is 0.340 e. The molecule has 0 saturated heterocycles. The van der Waals surface area contributed by atoms with Gasteiger partial charge in [-0.3, -0.25) is 0 Å². The largest absolute Gasteiger partial charge is 0.465 e. The second-order valence-electron chi connectivity index (χ2n) is 6.61. The number of nitrogens with zero attached hydrogens (tertiary/aromatic N) is 2. The van der Waals surface area contributed by atoms with Crippen LogP contribution in [0.15, 0.2) is 48.5 Å². The third kappa shape index (κ3) is 4.05. The van der Waals surface area contributed by atoms with Gasteiger partial charge in [0.1, 0.15) is 5.82 Å². The van der Waals surface area contributed by atoms with Crippen molar-refractivity contribution < 1.29 is 18.7 Å². The van der Waals surface area contributed by atoms with Crippen LogP contribution in [-0.2, 0) is 22.6 Å². The van der Waals surface area contributed by atoms with Crippen LogP contribution in [0.2, 0.25) is 0 Å². The number of hydrogen-bond donors (Lipinski definition) is 0. The normalized spacial score (nSPS) is 10.6. The number of methoxy groups -OCH3 is 2. The molecular formula is C23H21FN2O3. The molecule has 3 rings (SSSR count). The summed E-state index contributed by atoms with van der Waals surface area (Å²) in [5, 5.41) is 9.27. The first kappa shape index (κ1) is 20.3. The van der Waals surface area contributed by atoms with Gasteiger partial charge in [-0.1, -0.05) is 24.3 Å². The first-order valence-electron chi connectivity index (χ1n) is 9.04. The predicted molar refractivity (Wildman–Crippen MR) is 107 cm³/mol. The minimum Gasteiger partial charge on any atom is -0.465 e. The molecule has 29 heavy (non-hydrogen) atoms. The molecule has 3 aromatic rings. The maximum atomic E-state index is 13.3. The highest BCUT2D eigenvalue weighted by atomic mass is 19.1. The lowest BCUT2D eigenvalue weighted by atomic mass is 9.99. The molecular weight excluding hydrogens is 371 g/mol. The molecule has 0 aliphatic rings. The number of hydrogen-bond acceptors (Lipinski definition) is 4. The molecule has 0 unspecified atom stereocenters.